The first-order valence-corrected chi connectivity index (χ1v) is 5.55. The first-order chi connectivity index (χ1) is 7.89. The van der Waals surface area contributed by atoms with Crippen molar-refractivity contribution in [2.45, 2.75) is 33.1 Å². The van der Waals surface area contributed by atoms with Crippen LogP contribution in [-0.4, -0.2) is 20.2 Å². The fraction of sp³-hybridized carbons (Fsp3) is 0.417. The number of anilines is 1. The van der Waals surface area contributed by atoms with Crippen molar-refractivity contribution < 1.29 is 0 Å². The summed E-state index contributed by atoms with van der Waals surface area (Å²) in [6, 6.07) is 5.72. The second-order valence-corrected chi connectivity index (χ2v) is 5.21. The Kier molecular flexibility index (Phi) is 2.61. The van der Waals surface area contributed by atoms with Gasteiger partial charge < -0.3 is 5.73 Å². The van der Waals surface area contributed by atoms with Crippen LogP contribution in [0.5, 0.6) is 0 Å². The Bertz CT molecular complexity index is 536. The summed E-state index contributed by atoms with van der Waals surface area (Å²) in [6.07, 6.45) is 0. The topological polar surface area (TPSA) is 69.6 Å². The summed E-state index contributed by atoms with van der Waals surface area (Å²) < 4.78 is 1.77. The highest BCUT2D eigenvalue weighted by Crippen LogP contribution is 2.23. The number of hydrogen-bond acceptors (Lipinski definition) is 4. The van der Waals surface area contributed by atoms with Crippen LogP contribution in [-0.2, 0) is 5.41 Å². The number of nitrogen functional groups attached to an aromatic ring is 1. The molecule has 2 rings (SSSR count). The van der Waals surface area contributed by atoms with Crippen LogP contribution in [0.1, 0.15) is 32.2 Å². The molecule has 0 amide bonds. The number of hydrogen-bond donors (Lipinski definition) is 1. The third kappa shape index (κ3) is 2.13. The molecule has 1 aromatic carbocycles. The lowest BCUT2D eigenvalue weighted by atomic mass is 9.95. The molecule has 0 saturated heterocycles. The fourth-order valence-corrected chi connectivity index (χ4v) is 1.73. The molecular formula is C12H17N5. The van der Waals surface area contributed by atoms with Crippen LogP contribution in [0.3, 0.4) is 0 Å². The number of aromatic nitrogens is 4. The van der Waals surface area contributed by atoms with E-state index in [0.29, 0.717) is 0 Å². The molecule has 1 aromatic heterocycles. The minimum absolute atomic E-state index is 0.0999. The molecule has 17 heavy (non-hydrogen) atoms. The van der Waals surface area contributed by atoms with Crippen LogP contribution in [0.15, 0.2) is 18.2 Å². The van der Waals surface area contributed by atoms with Crippen molar-refractivity contribution in [1.29, 1.82) is 0 Å². The molecule has 0 bridgehead atoms. The van der Waals surface area contributed by atoms with Crippen molar-refractivity contribution in [3.63, 3.8) is 0 Å². The third-order valence-corrected chi connectivity index (χ3v) is 2.59. The van der Waals surface area contributed by atoms with Gasteiger partial charge in [-0.15, -0.1) is 5.10 Å². The highest BCUT2D eigenvalue weighted by molar-refractivity contribution is 5.50. The zero-order chi connectivity index (χ0) is 12.6. The largest absolute Gasteiger partial charge is 0.399 e. The molecule has 90 valence electrons. The summed E-state index contributed by atoms with van der Waals surface area (Å²) in [7, 11) is 0. The molecule has 0 saturated carbocycles. The van der Waals surface area contributed by atoms with Crippen molar-refractivity contribution in [2.24, 2.45) is 0 Å². The molecule has 2 N–H and O–H groups in total. The van der Waals surface area contributed by atoms with Gasteiger partial charge in [0.15, 0.2) is 5.82 Å². The van der Waals surface area contributed by atoms with E-state index in [-0.39, 0.29) is 5.41 Å². The van der Waals surface area contributed by atoms with E-state index in [0.717, 1.165) is 22.8 Å². The SMILES string of the molecule is Cc1cc(N)ccc1-n1nnnc1C(C)(C)C. The van der Waals surface area contributed by atoms with Gasteiger partial charge in [-0.3, -0.25) is 0 Å². The summed E-state index contributed by atoms with van der Waals surface area (Å²) in [5.41, 5.74) is 8.42. The molecule has 5 heteroatoms. The molecular weight excluding hydrogens is 214 g/mol. The molecule has 0 unspecified atom stereocenters. The van der Waals surface area contributed by atoms with Crippen molar-refractivity contribution in [1.82, 2.24) is 20.2 Å². The highest BCUT2D eigenvalue weighted by atomic mass is 15.5. The van der Waals surface area contributed by atoms with Crippen LogP contribution < -0.4 is 5.73 Å². The first kappa shape index (κ1) is 11.6. The van der Waals surface area contributed by atoms with Crippen LogP contribution in [0.25, 0.3) is 5.69 Å². The summed E-state index contributed by atoms with van der Waals surface area (Å²) in [5, 5.41) is 11.9. The number of nitrogens with two attached hydrogens (primary N) is 1. The molecule has 0 aliphatic rings. The van der Waals surface area contributed by atoms with Crippen LogP contribution in [0, 0.1) is 6.92 Å². The van der Waals surface area contributed by atoms with Gasteiger partial charge in [-0.25, -0.2) is 0 Å². The van der Waals surface area contributed by atoms with Gasteiger partial charge in [-0.1, -0.05) is 20.8 Å². The molecule has 2 aromatic rings. The molecule has 0 aliphatic carbocycles. The van der Waals surface area contributed by atoms with E-state index in [1.165, 1.54) is 0 Å². The van der Waals surface area contributed by atoms with Gasteiger partial charge in [0, 0.05) is 11.1 Å². The van der Waals surface area contributed by atoms with Gasteiger partial charge in [-0.2, -0.15) is 4.68 Å². The Balaban J connectivity index is 2.58. The Morgan fingerprint density at radius 3 is 2.53 bits per heavy atom. The van der Waals surface area contributed by atoms with E-state index >= 15 is 0 Å². The number of aryl methyl sites for hydroxylation is 1. The van der Waals surface area contributed by atoms with Gasteiger partial charge >= 0.3 is 0 Å². The molecule has 0 spiro atoms. The third-order valence-electron chi connectivity index (χ3n) is 2.59. The second-order valence-electron chi connectivity index (χ2n) is 5.21. The predicted molar refractivity (Wildman–Crippen MR) is 67.0 cm³/mol. The van der Waals surface area contributed by atoms with Gasteiger partial charge in [0.2, 0.25) is 0 Å². The van der Waals surface area contributed by atoms with Gasteiger partial charge in [-0.05, 0) is 41.1 Å². The Hall–Kier alpha value is -1.91. The number of tetrazole rings is 1. The summed E-state index contributed by atoms with van der Waals surface area (Å²) in [6.45, 7) is 8.26. The first-order valence-electron chi connectivity index (χ1n) is 5.55. The van der Waals surface area contributed by atoms with Crippen molar-refractivity contribution >= 4 is 5.69 Å². The quantitative estimate of drug-likeness (QED) is 0.760. The molecule has 0 aliphatic heterocycles. The Morgan fingerprint density at radius 1 is 1.24 bits per heavy atom. The zero-order valence-electron chi connectivity index (χ0n) is 10.6. The molecule has 0 fully saturated rings. The van der Waals surface area contributed by atoms with Gasteiger partial charge in [0.25, 0.3) is 0 Å². The summed E-state index contributed by atoms with van der Waals surface area (Å²) in [4.78, 5) is 0. The van der Waals surface area contributed by atoms with Crippen molar-refractivity contribution in [3.8, 4) is 5.69 Å². The number of nitrogens with zero attached hydrogens (tertiary/aromatic N) is 4. The molecule has 0 radical (unpaired) electrons. The lowest BCUT2D eigenvalue weighted by Gasteiger charge is -2.18. The van der Waals surface area contributed by atoms with Crippen LogP contribution in [0.2, 0.25) is 0 Å². The Morgan fingerprint density at radius 2 is 1.94 bits per heavy atom. The molecule has 5 nitrogen and oxygen atoms in total. The van der Waals surface area contributed by atoms with Gasteiger partial charge in [0.1, 0.15) is 0 Å². The maximum absolute atomic E-state index is 5.74. The van der Waals surface area contributed by atoms with E-state index in [1.54, 1.807) is 4.68 Å². The van der Waals surface area contributed by atoms with Crippen molar-refractivity contribution in [2.75, 3.05) is 5.73 Å². The standard InChI is InChI=1S/C12H17N5/c1-8-7-9(13)5-6-10(8)17-11(12(2,3)4)14-15-16-17/h5-7H,13H2,1-4H3. The summed E-state index contributed by atoms with van der Waals surface area (Å²) in [5.74, 6) is 0.838. The lowest BCUT2D eigenvalue weighted by Crippen LogP contribution is -2.19. The minimum Gasteiger partial charge on any atom is -0.399 e. The van der Waals surface area contributed by atoms with E-state index in [1.807, 2.05) is 25.1 Å². The van der Waals surface area contributed by atoms with E-state index in [2.05, 4.69) is 36.3 Å². The van der Waals surface area contributed by atoms with Crippen LogP contribution >= 0.6 is 0 Å². The average Bonchev–Trinajstić information content (AvgIpc) is 2.65. The van der Waals surface area contributed by atoms with E-state index in [4.69, 9.17) is 5.73 Å². The van der Waals surface area contributed by atoms with E-state index < -0.39 is 0 Å². The van der Waals surface area contributed by atoms with E-state index in [9.17, 15) is 0 Å². The maximum Gasteiger partial charge on any atom is 0.162 e. The zero-order valence-corrected chi connectivity index (χ0v) is 10.6. The predicted octanol–water partition coefficient (Wildman–Crippen LogP) is 1.85. The lowest BCUT2D eigenvalue weighted by molar-refractivity contribution is 0.525. The molecule has 0 atom stereocenters. The Labute approximate surface area is 101 Å². The number of rotatable bonds is 1. The smallest absolute Gasteiger partial charge is 0.162 e. The highest BCUT2D eigenvalue weighted by Gasteiger charge is 2.23. The normalized spacial score (nSPS) is 11.8. The minimum atomic E-state index is -0.0999. The maximum atomic E-state index is 5.74. The average molecular weight is 231 g/mol. The molecule has 1 heterocycles. The monoisotopic (exact) mass is 231 g/mol. The van der Waals surface area contributed by atoms with Gasteiger partial charge in [0.05, 0.1) is 5.69 Å². The fourth-order valence-electron chi connectivity index (χ4n) is 1.73. The summed E-state index contributed by atoms with van der Waals surface area (Å²) >= 11 is 0. The van der Waals surface area contributed by atoms with Crippen LogP contribution in [0.4, 0.5) is 5.69 Å². The van der Waals surface area contributed by atoms with Crippen molar-refractivity contribution in [3.05, 3.63) is 29.6 Å². The second kappa shape index (κ2) is 3.84. The number of benzene rings is 1.